The third-order valence-corrected chi connectivity index (χ3v) is 7.36. The highest BCUT2D eigenvalue weighted by Crippen LogP contribution is 2.36. The van der Waals surface area contributed by atoms with Gasteiger partial charge in [-0.1, -0.05) is 24.1 Å². The Kier molecular flexibility index (Phi) is 17.5. The molecule has 0 rings (SSSR count). The van der Waals surface area contributed by atoms with Gasteiger partial charge in [-0.3, -0.25) is 4.90 Å². The van der Waals surface area contributed by atoms with Crippen LogP contribution >= 0.6 is 17.2 Å². The summed E-state index contributed by atoms with van der Waals surface area (Å²) in [5, 5.41) is 0. The van der Waals surface area contributed by atoms with Gasteiger partial charge in [-0.2, -0.15) is 0 Å². The lowest BCUT2D eigenvalue weighted by Gasteiger charge is -2.35. The molecule has 0 amide bonds. The molecule has 0 heterocycles. The van der Waals surface area contributed by atoms with E-state index in [0.29, 0.717) is 43.6 Å². The van der Waals surface area contributed by atoms with Crippen LogP contribution in [0.25, 0.3) is 0 Å². The Labute approximate surface area is 190 Å². The van der Waals surface area contributed by atoms with Gasteiger partial charge in [0.2, 0.25) is 0 Å². The number of rotatable bonds is 20. The summed E-state index contributed by atoms with van der Waals surface area (Å²) in [5.74, 6) is 0. The maximum absolute atomic E-state index is 6.22. The maximum atomic E-state index is 6.22. The Morgan fingerprint density at radius 1 is 0.700 bits per heavy atom. The number of nitrogens with zero attached hydrogens (tertiary/aromatic N) is 1. The van der Waals surface area contributed by atoms with Gasteiger partial charge >= 0.3 is 0 Å². The monoisotopic (exact) mass is 469 g/mol. The molecule has 0 radical (unpaired) electrons. The van der Waals surface area contributed by atoms with Crippen molar-refractivity contribution in [3.63, 3.8) is 0 Å². The van der Waals surface area contributed by atoms with E-state index in [1.165, 1.54) is 0 Å². The van der Waals surface area contributed by atoms with Crippen molar-refractivity contribution < 1.29 is 23.7 Å². The van der Waals surface area contributed by atoms with Crippen molar-refractivity contribution in [3.8, 4) is 0 Å². The highest BCUT2D eigenvalue weighted by Gasteiger charge is 2.28. The first kappa shape index (κ1) is 30.6. The van der Waals surface area contributed by atoms with Crippen LogP contribution in [0.15, 0.2) is 0 Å². The molecule has 0 saturated heterocycles. The Bertz CT molecular complexity index is 375. The third-order valence-electron chi connectivity index (χ3n) is 4.56. The molecule has 0 aromatic heterocycles. The Balaban J connectivity index is 4.98. The Hall–Kier alpha value is 0.620. The number of hydrogen-bond donors (Lipinski definition) is 0. The van der Waals surface area contributed by atoms with Crippen LogP contribution in [0.2, 0.25) is 0 Å². The fourth-order valence-corrected chi connectivity index (χ4v) is 6.09. The van der Waals surface area contributed by atoms with Gasteiger partial charge in [0.1, 0.15) is 6.23 Å². The highest BCUT2D eigenvalue weighted by molar-refractivity contribution is 7.39. The largest absolute Gasteiger partial charge is 0.361 e. The summed E-state index contributed by atoms with van der Waals surface area (Å²) < 4.78 is 29.8. The molecule has 0 N–H and O–H groups in total. The quantitative estimate of drug-likeness (QED) is 0.178. The van der Waals surface area contributed by atoms with E-state index in [-0.39, 0.29) is 12.3 Å². The van der Waals surface area contributed by atoms with E-state index in [2.05, 4.69) is 39.5 Å². The van der Waals surface area contributed by atoms with Crippen molar-refractivity contribution in [1.29, 1.82) is 0 Å². The van der Waals surface area contributed by atoms with Gasteiger partial charge in [-0.05, 0) is 74.1 Å². The van der Waals surface area contributed by atoms with Crippen molar-refractivity contribution in [1.82, 2.24) is 4.90 Å². The van der Waals surface area contributed by atoms with Crippen LogP contribution in [0.5, 0.6) is 0 Å². The SMILES string of the molecule is CCOC(C)(OCC)PCCN(CCPC(C)(OCC)OCC)C(CC)OC(C)C. The smallest absolute Gasteiger partial charge is 0.180 e. The molecule has 6 nitrogen and oxygen atoms in total. The molecule has 0 aliphatic heterocycles. The zero-order valence-corrected chi connectivity index (χ0v) is 23.0. The maximum Gasteiger partial charge on any atom is 0.180 e. The van der Waals surface area contributed by atoms with Crippen LogP contribution in [0.3, 0.4) is 0 Å². The topological polar surface area (TPSA) is 49.4 Å². The third kappa shape index (κ3) is 13.2. The fraction of sp³-hybridized carbons (Fsp3) is 1.00. The minimum absolute atomic E-state index is 0.121. The summed E-state index contributed by atoms with van der Waals surface area (Å²) in [5.41, 5.74) is -0.972. The summed E-state index contributed by atoms with van der Waals surface area (Å²) in [6, 6.07) is 0. The second-order valence-electron chi connectivity index (χ2n) is 7.56. The molecule has 8 heteroatoms. The second kappa shape index (κ2) is 17.1. The van der Waals surface area contributed by atoms with Crippen molar-refractivity contribution in [2.24, 2.45) is 0 Å². The van der Waals surface area contributed by atoms with Gasteiger partial charge in [-0.25, -0.2) is 0 Å². The van der Waals surface area contributed by atoms with Gasteiger partial charge in [0.05, 0.1) is 6.10 Å². The van der Waals surface area contributed by atoms with Crippen LogP contribution in [0.1, 0.15) is 68.7 Å². The van der Waals surface area contributed by atoms with E-state index >= 15 is 0 Å². The molecule has 3 unspecified atom stereocenters. The standard InChI is InChI=1S/C22H49NO5P2/c1-10-20(28-19(6)7)23(15-17-29-21(8,24-11-2)25-12-3)16-18-30-22(9,26-13-4)27-14-5/h19-20,29-30H,10-18H2,1-9H3. The average Bonchev–Trinajstić information content (AvgIpc) is 2.65. The van der Waals surface area contributed by atoms with E-state index in [4.69, 9.17) is 23.7 Å². The molecule has 0 aliphatic rings. The normalized spacial score (nSPS) is 14.9. The minimum Gasteiger partial charge on any atom is -0.361 e. The van der Waals surface area contributed by atoms with E-state index < -0.39 is 11.1 Å². The minimum atomic E-state index is -0.486. The Morgan fingerprint density at radius 2 is 1.07 bits per heavy atom. The Morgan fingerprint density at radius 3 is 1.33 bits per heavy atom. The predicted molar refractivity (Wildman–Crippen MR) is 132 cm³/mol. The second-order valence-corrected chi connectivity index (χ2v) is 11.1. The predicted octanol–water partition coefficient (Wildman–Crippen LogP) is 5.30. The summed E-state index contributed by atoms with van der Waals surface area (Å²) in [4.78, 5) is 2.47. The zero-order valence-electron chi connectivity index (χ0n) is 21.0. The molecule has 0 bridgehead atoms. The van der Waals surface area contributed by atoms with Crippen molar-refractivity contribution >= 4 is 17.2 Å². The number of ether oxygens (including phenoxy) is 5. The molecule has 0 fully saturated rings. The molecular weight excluding hydrogens is 420 g/mol. The fourth-order valence-electron chi connectivity index (χ4n) is 3.40. The van der Waals surface area contributed by atoms with E-state index in [9.17, 15) is 0 Å². The van der Waals surface area contributed by atoms with Gasteiger partial charge in [-0.15, -0.1) is 0 Å². The van der Waals surface area contributed by atoms with Crippen LogP contribution in [-0.4, -0.2) is 80.1 Å². The molecule has 0 spiro atoms. The summed E-state index contributed by atoms with van der Waals surface area (Å²) in [6.45, 7) is 23.2. The lowest BCUT2D eigenvalue weighted by atomic mass is 10.3. The van der Waals surface area contributed by atoms with Crippen molar-refractivity contribution in [3.05, 3.63) is 0 Å². The highest BCUT2D eigenvalue weighted by atomic mass is 31.1. The average molecular weight is 470 g/mol. The first-order valence-corrected chi connectivity index (χ1v) is 14.1. The lowest BCUT2D eigenvalue weighted by Crippen LogP contribution is -2.42. The molecule has 0 aromatic rings. The molecule has 182 valence electrons. The zero-order chi connectivity index (χ0) is 23.0. The van der Waals surface area contributed by atoms with Gasteiger partial charge < -0.3 is 23.7 Å². The van der Waals surface area contributed by atoms with Gasteiger partial charge in [0.25, 0.3) is 0 Å². The van der Waals surface area contributed by atoms with Crippen LogP contribution in [0, 0.1) is 0 Å². The molecule has 30 heavy (non-hydrogen) atoms. The summed E-state index contributed by atoms with van der Waals surface area (Å²) in [7, 11) is 1.16. The van der Waals surface area contributed by atoms with Crippen molar-refractivity contribution in [2.75, 3.05) is 51.8 Å². The lowest BCUT2D eigenvalue weighted by molar-refractivity contribution is -0.156. The van der Waals surface area contributed by atoms with Gasteiger partial charge in [0.15, 0.2) is 11.1 Å². The molecule has 0 aromatic carbocycles. The van der Waals surface area contributed by atoms with E-state index in [0.717, 1.165) is 31.8 Å². The first-order chi connectivity index (χ1) is 14.2. The molecule has 0 saturated carbocycles. The number of hydrogen-bond acceptors (Lipinski definition) is 6. The van der Waals surface area contributed by atoms with Crippen molar-refractivity contribution in [2.45, 2.75) is 92.1 Å². The van der Waals surface area contributed by atoms with Crippen LogP contribution in [-0.2, 0) is 23.7 Å². The molecule has 0 aliphatic carbocycles. The van der Waals surface area contributed by atoms with E-state index in [1.54, 1.807) is 0 Å². The summed E-state index contributed by atoms with van der Waals surface area (Å²) in [6.07, 6.45) is 3.33. The first-order valence-electron chi connectivity index (χ1n) is 11.6. The van der Waals surface area contributed by atoms with Crippen LogP contribution in [0.4, 0.5) is 0 Å². The molecular formula is C22H49NO5P2. The van der Waals surface area contributed by atoms with E-state index in [1.807, 2.05) is 27.7 Å². The van der Waals surface area contributed by atoms with Crippen LogP contribution < -0.4 is 0 Å². The molecule has 3 atom stereocenters. The summed E-state index contributed by atoms with van der Waals surface area (Å²) >= 11 is 0. The van der Waals surface area contributed by atoms with Gasteiger partial charge in [0, 0.05) is 39.5 Å².